The Bertz CT molecular complexity index is 1260. The van der Waals surface area contributed by atoms with Crippen molar-refractivity contribution in [2.24, 2.45) is 0 Å². The molecule has 4 aromatic rings. The van der Waals surface area contributed by atoms with E-state index in [-0.39, 0.29) is 5.56 Å². The molecule has 4 heterocycles. The number of likely N-dealkylation sites (N-methyl/N-ethyl adjacent to an activating group) is 1. The van der Waals surface area contributed by atoms with E-state index in [1.165, 1.54) is 0 Å². The molecule has 0 amide bonds. The molecule has 0 radical (unpaired) electrons. The lowest BCUT2D eigenvalue weighted by molar-refractivity contribution is 0.360. The number of aromatic nitrogens is 3. The second-order valence-electron chi connectivity index (χ2n) is 7.65. The molecule has 1 aromatic carbocycles. The normalized spacial score (nSPS) is 15.9. The van der Waals surface area contributed by atoms with Gasteiger partial charge in [-0.15, -0.1) is 11.3 Å². The van der Waals surface area contributed by atoms with Crippen molar-refractivity contribution in [3.8, 4) is 11.3 Å². The van der Waals surface area contributed by atoms with E-state index in [2.05, 4.69) is 34.0 Å². The van der Waals surface area contributed by atoms with E-state index in [9.17, 15) is 4.79 Å². The largest absolute Gasteiger partial charge is 0.369 e. The second kappa shape index (κ2) is 7.24. The van der Waals surface area contributed by atoms with Gasteiger partial charge in [-0.2, -0.15) is 0 Å². The van der Waals surface area contributed by atoms with Gasteiger partial charge in [-0.1, -0.05) is 6.07 Å². The number of anilines is 1. The number of aryl methyl sites for hydroxylation is 1. The zero-order valence-corrected chi connectivity index (χ0v) is 17.4. The van der Waals surface area contributed by atoms with Gasteiger partial charge in [0.2, 0.25) is 0 Å². The lowest BCUT2D eigenvalue weighted by Gasteiger charge is -2.23. The number of nitrogens with zero attached hydrogens (tertiary/aromatic N) is 5. The standard InChI is InChI=1S/C22H23N5OS/c1-15-23-18-6-4-16(12-20(18)29-15)19-13-22(28)27-14-17(5-7-21(27)24-19)26-9-3-8-25(2)10-11-26/h4-7,12-14H,3,8-11H2,1-2H3. The van der Waals surface area contributed by atoms with Crippen LogP contribution in [0.2, 0.25) is 0 Å². The molecule has 1 aliphatic rings. The fourth-order valence-corrected chi connectivity index (χ4v) is 4.80. The third-order valence-electron chi connectivity index (χ3n) is 5.52. The maximum atomic E-state index is 12.9. The Kier molecular flexibility index (Phi) is 4.56. The van der Waals surface area contributed by atoms with Crippen LogP contribution >= 0.6 is 11.3 Å². The fourth-order valence-electron chi connectivity index (χ4n) is 3.93. The zero-order valence-electron chi connectivity index (χ0n) is 16.6. The SMILES string of the molecule is Cc1nc2ccc(-c3cc(=O)n4cc(N5CCCN(C)CC5)ccc4n3)cc2s1. The number of benzene rings is 1. The summed E-state index contributed by atoms with van der Waals surface area (Å²) in [6.07, 6.45) is 3.05. The quantitative estimate of drug-likeness (QED) is 0.511. The van der Waals surface area contributed by atoms with Gasteiger partial charge in [0, 0.05) is 37.5 Å². The minimum absolute atomic E-state index is 0.0561. The van der Waals surface area contributed by atoms with Crippen LogP contribution in [0.25, 0.3) is 27.1 Å². The molecule has 0 aliphatic carbocycles. The number of pyridine rings is 1. The molecule has 0 N–H and O–H groups in total. The van der Waals surface area contributed by atoms with Crippen molar-refractivity contribution in [1.29, 1.82) is 0 Å². The second-order valence-corrected chi connectivity index (χ2v) is 8.89. The molecule has 0 saturated carbocycles. The molecule has 1 aliphatic heterocycles. The van der Waals surface area contributed by atoms with Crippen LogP contribution in [-0.4, -0.2) is 52.5 Å². The van der Waals surface area contributed by atoms with Crippen LogP contribution in [0.5, 0.6) is 0 Å². The third-order valence-corrected chi connectivity index (χ3v) is 6.45. The van der Waals surface area contributed by atoms with Gasteiger partial charge in [-0.25, -0.2) is 9.97 Å². The van der Waals surface area contributed by atoms with Crippen molar-refractivity contribution in [3.63, 3.8) is 0 Å². The summed E-state index contributed by atoms with van der Waals surface area (Å²) in [4.78, 5) is 26.8. The van der Waals surface area contributed by atoms with Gasteiger partial charge in [0.25, 0.3) is 5.56 Å². The number of thiazole rings is 1. The van der Waals surface area contributed by atoms with E-state index in [0.717, 1.165) is 59.1 Å². The molecule has 0 spiro atoms. The summed E-state index contributed by atoms with van der Waals surface area (Å²) in [5.74, 6) is 0. The Balaban J connectivity index is 1.53. The van der Waals surface area contributed by atoms with Crippen LogP contribution < -0.4 is 10.5 Å². The minimum Gasteiger partial charge on any atom is -0.369 e. The van der Waals surface area contributed by atoms with Gasteiger partial charge in [-0.3, -0.25) is 9.20 Å². The zero-order chi connectivity index (χ0) is 20.0. The van der Waals surface area contributed by atoms with Crippen LogP contribution in [0, 0.1) is 6.92 Å². The van der Waals surface area contributed by atoms with Gasteiger partial charge in [0.1, 0.15) is 5.65 Å². The molecule has 148 valence electrons. The molecule has 5 rings (SSSR count). The predicted octanol–water partition coefficient (Wildman–Crippen LogP) is 3.42. The van der Waals surface area contributed by atoms with E-state index in [4.69, 9.17) is 4.98 Å². The summed E-state index contributed by atoms with van der Waals surface area (Å²) in [5.41, 5.74) is 4.32. The van der Waals surface area contributed by atoms with Gasteiger partial charge >= 0.3 is 0 Å². The van der Waals surface area contributed by atoms with Crippen molar-refractivity contribution < 1.29 is 0 Å². The van der Waals surface area contributed by atoms with Crippen LogP contribution in [0.1, 0.15) is 11.4 Å². The van der Waals surface area contributed by atoms with E-state index < -0.39 is 0 Å². The van der Waals surface area contributed by atoms with Gasteiger partial charge in [0.05, 0.1) is 26.6 Å². The highest BCUT2D eigenvalue weighted by molar-refractivity contribution is 7.18. The van der Waals surface area contributed by atoms with Crippen molar-refractivity contribution in [2.75, 3.05) is 38.1 Å². The van der Waals surface area contributed by atoms with Crippen molar-refractivity contribution in [3.05, 3.63) is 58.0 Å². The molecular formula is C22H23N5OS. The van der Waals surface area contributed by atoms with Crippen molar-refractivity contribution in [2.45, 2.75) is 13.3 Å². The highest BCUT2D eigenvalue weighted by Gasteiger charge is 2.14. The topological polar surface area (TPSA) is 53.7 Å². The summed E-state index contributed by atoms with van der Waals surface area (Å²) < 4.78 is 2.77. The average Bonchev–Trinajstić information content (AvgIpc) is 2.95. The molecule has 0 unspecified atom stereocenters. The van der Waals surface area contributed by atoms with E-state index in [0.29, 0.717) is 11.3 Å². The number of rotatable bonds is 2. The first-order valence-electron chi connectivity index (χ1n) is 9.91. The minimum atomic E-state index is -0.0561. The lowest BCUT2D eigenvalue weighted by atomic mass is 10.1. The first-order chi connectivity index (χ1) is 14.1. The Hall–Kier alpha value is -2.77. The maximum Gasteiger partial charge on any atom is 0.258 e. The van der Waals surface area contributed by atoms with Crippen LogP contribution in [0.3, 0.4) is 0 Å². The summed E-state index contributed by atoms with van der Waals surface area (Å²) in [6, 6.07) is 11.7. The number of fused-ring (bicyclic) bond motifs is 2. The highest BCUT2D eigenvalue weighted by atomic mass is 32.1. The third kappa shape index (κ3) is 3.52. The van der Waals surface area contributed by atoms with E-state index in [1.54, 1.807) is 21.8 Å². The molecule has 0 atom stereocenters. The molecular weight excluding hydrogens is 382 g/mol. The molecule has 6 nitrogen and oxygen atoms in total. The van der Waals surface area contributed by atoms with Crippen LogP contribution in [0.15, 0.2) is 47.4 Å². The van der Waals surface area contributed by atoms with Crippen LogP contribution in [0.4, 0.5) is 5.69 Å². The van der Waals surface area contributed by atoms with E-state index >= 15 is 0 Å². The maximum absolute atomic E-state index is 12.9. The first kappa shape index (κ1) is 18.3. The molecule has 1 saturated heterocycles. The monoisotopic (exact) mass is 405 g/mol. The molecule has 29 heavy (non-hydrogen) atoms. The van der Waals surface area contributed by atoms with Gasteiger partial charge in [-0.05, 0) is 51.2 Å². The average molecular weight is 406 g/mol. The Morgan fingerprint density at radius 3 is 2.79 bits per heavy atom. The number of hydrogen-bond donors (Lipinski definition) is 0. The molecule has 0 bridgehead atoms. The summed E-state index contributed by atoms with van der Waals surface area (Å²) >= 11 is 1.66. The molecule has 3 aromatic heterocycles. The van der Waals surface area contributed by atoms with E-state index in [1.807, 2.05) is 31.3 Å². The summed E-state index contributed by atoms with van der Waals surface area (Å²) in [7, 11) is 2.16. The smallest absolute Gasteiger partial charge is 0.258 e. The lowest BCUT2D eigenvalue weighted by Crippen LogP contribution is -2.29. The first-order valence-corrected chi connectivity index (χ1v) is 10.7. The fraction of sp³-hybridized carbons (Fsp3) is 0.318. The Morgan fingerprint density at radius 1 is 1.00 bits per heavy atom. The predicted molar refractivity (Wildman–Crippen MR) is 119 cm³/mol. The molecule has 1 fully saturated rings. The summed E-state index contributed by atoms with van der Waals surface area (Å²) in [5, 5.41) is 1.04. The molecule has 7 heteroatoms. The Labute approximate surface area is 173 Å². The Morgan fingerprint density at radius 2 is 1.90 bits per heavy atom. The van der Waals surface area contributed by atoms with Crippen LogP contribution in [-0.2, 0) is 0 Å². The van der Waals surface area contributed by atoms with Crippen molar-refractivity contribution >= 4 is 32.9 Å². The van der Waals surface area contributed by atoms with Gasteiger partial charge in [0.15, 0.2) is 0 Å². The van der Waals surface area contributed by atoms with Crippen molar-refractivity contribution in [1.82, 2.24) is 19.3 Å². The number of hydrogen-bond acceptors (Lipinski definition) is 6. The highest BCUT2D eigenvalue weighted by Crippen LogP contribution is 2.27. The van der Waals surface area contributed by atoms with Gasteiger partial charge < -0.3 is 9.80 Å². The summed E-state index contributed by atoms with van der Waals surface area (Å²) in [6.45, 7) is 6.12.